The first-order valence-electron chi connectivity index (χ1n) is 6.90. The zero-order valence-corrected chi connectivity index (χ0v) is 16.0. The van der Waals surface area contributed by atoms with E-state index in [4.69, 9.17) is 3.79 Å². The molecular formula is C16H25AlBrO+. The van der Waals surface area contributed by atoms with Crippen LogP contribution in [0.4, 0.5) is 0 Å². The molecule has 0 heterocycles. The van der Waals surface area contributed by atoms with E-state index in [1.165, 1.54) is 11.1 Å². The molecule has 1 aromatic rings. The summed E-state index contributed by atoms with van der Waals surface area (Å²) < 4.78 is 7.33. The van der Waals surface area contributed by atoms with Gasteiger partial charge in [-0.25, -0.2) is 0 Å². The minimum absolute atomic E-state index is 0.0309. The van der Waals surface area contributed by atoms with Crippen molar-refractivity contribution in [2.24, 2.45) is 0 Å². The van der Waals surface area contributed by atoms with Crippen molar-refractivity contribution in [1.29, 1.82) is 0 Å². The third kappa shape index (κ3) is 4.52. The van der Waals surface area contributed by atoms with Crippen LogP contribution in [0, 0.1) is 0 Å². The minimum atomic E-state index is 0.0309. The number of hydrogen-bond acceptors (Lipinski definition) is 1. The fraction of sp³-hybridized carbons (Fsp3) is 0.625. The van der Waals surface area contributed by atoms with Crippen LogP contribution in [0.2, 0.25) is 5.28 Å². The fourth-order valence-electron chi connectivity index (χ4n) is 2.00. The Morgan fingerprint density at radius 3 is 1.74 bits per heavy atom. The molecule has 0 aliphatic carbocycles. The van der Waals surface area contributed by atoms with E-state index in [-0.39, 0.29) is 26.4 Å². The van der Waals surface area contributed by atoms with Crippen molar-refractivity contribution < 1.29 is 3.79 Å². The van der Waals surface area contributed by atoms with Crippen molar-refractivity contribution >= 4 is 31.5 Å². The fourth-order valence-corrected chi connectivity index (χ4v) is 3.05. The van der Waals surface area contributed by atoms with Crippen molar-refractivity contribution in [3.05, 3.63) is 27.7 Å². The van der Waals surface area contributed by atoms with E-state index < -0.39 is 0 Å². The molecule has 0 unspecified atom stereocenters. The number of hydrogen-bond donors (Lipinski definition) is 0. The molecule has 0 spiro atoms. The SMILES string of the molecule is C[CH2][Al+][O]c1c(C(C)(C)C)cc(Br)cc1C(C)(C)C. The molecule has 0 atom stereocenters. The van der Waals surface area contributed by atoms with Crippen molar-refractivity contribution in [3.8, 4) is 5.75 Å². The molecule has 19 heavy (non-hydrogen) atoms. The molecule has 1 aromatic carbocycles. The molecule has 0 aliphatic heterocycles. The van der Waals surface area contributed by atoms with Crippen molar-refractivity contribution in [2.45, 2.75) is 64.6 Å². The quantitative estimate of drug-likeness (QED) is 0.662. The van der Waals surface area contributed by atoms with Gasteiger partial charge in [-0.1, -0.05) is 0 Å². The predicted molar refractivity (Wildman–Crippen MR) is 88.4 cm³/mol. The second-order valence-corrected chi connectivity index (χ2v) is 9.32. The van der Waals surface area contributed by atoms with Gasteiger partial charge in [0.25, 0.3) is 0 Å². The third-order valence-electron chi connectivity index (χ3n) is 3.04. The summed E-state index contributed by atoms with van der Waals surface area (Å²) in [5.41, 5.74) is 2.78. The first-order valence-corrected chi connectivity index (χ1v) is 8.98. The zero-order chi connectivity index (χ0) is 14.8. The van der Waals surface area contributed by atoms with Crippen LogP contribution in [-0.2, 0) is 10.8 Å². The monoisotopic (exact) mass is 339 g/mol. The van der Waals surface area contributed by atoms with Crippen molar-refractivity contribution in [3.63, 3.8) is 0 Å². The summed E-state index contributed by atoms with van der Waals surface area (Å²) in [5.74, 6) is 1.11. The Hall–Kier alpha value is 0.0325. The molecular weight excluding hydrogens is 315 g/mol. The molecule has 1 rings (SSSR count). The van der Waals surface area contributed by atoms with E-state index in [2.05, 4.69) is 76.5 Å². The van der Waals surface area contributed by atoms with Crippen LogP contribution in [0.1, 0.15) is 59.6 Å². The first-order chi connectivity index (χ1) is 8.57. The molecule has 0 fully saturated rings. The van der Waals surface area contributed by atoms with E-state index in [0.29, 0.717) is 0 Å². The molecule has 0 N–H and O–H groups in total. The number of halogens is 1. The average Bonchev–Trinajstić information content (AvgIpc) is 2.23. The van der Waals surface area contributed by atoms with Crippen molar-refractivity contribution in [1.82, 2.24) is 0 Å². The van der Waals surface area contributed by atoms with Gasteiger partial charge in [0, 0.05) is 0 Å². The van der Waals surface area contributed by atoms with Gasteiger partial charge in [0.05, 0.1) is 0 Å². The van der Waals surface area contributed by atoms with E-state index in [0.717, 1.165) is 15.5 Å². The summed E-state index contributed by atoms with van der Waals surface area (Å²) >= 11 is 3.68. The van der Waals surface area contributed by atoms with E-state index in [9.17, 15) is 0 Å². The summed E-state index contributed by atoms with van der Waals surface area (Å²) in [6.45, 7) is 15.7. The molecule has 104 valence electrons. The third-order valence-corrected chi connectivity index (χ3v) is 4.23. The number of rotatable bonds is 3. The van der Waals surface area contributed by atoms with Gasteiger partial charge in [0.1, 0.15) is 0 Å². The van der Waals surface area contributed by atoms with Crippen LogP contribution in [0.25, 0.3) is 0 Å². The maximum atomic E-state index is 6.19. The maximum absolute atomic E-state index is 6.19. The summed E-state index contributed by atoms with van der Waals surface area (Å²) in [5, 5.41) is 1.11. The molecule has 0 aliphatic rings. The van der Waals surface area contributed by atoms with Crippen LogP contribution in [-0.4, -0.2) is 15.6 Å². The summed E-state index contributed by atoms with van der Waals surface area (Å²) in [4.78, 5) is 0. The molecule has 0 saturated carbocycles. The zero-order valence-electron chi connectivity index (χ0n) is 13.2. The van der Waals surface area contributed by atoms with Gasteiger partial charge < -0.3 is 0 Å². The Morgan fingerprint density at radius 2 is 1.42 bits per heavy atom. The van der Waals surface area contributed by atoms with Crippen LogP contribution in [0.5, 0.6) is 5.75 Å². The Kier molecular flexibility index (Phi) is 5.58. The standard InChI is InChI=1S/C14H21BrO.C2H5.Al/c1-13(2,3)10-7-9(15)8-11(12(10)16)14(4,5)6;1-2;/h7-8,16H,1-6H3;1H2,2H3;/q;;+2/p-1. The van der Waals surface area contributed by atoms with Crippen LogP contribution < -0.4 is 3.79 Å². The predicted octanol–water partition coefficient (Wildman–Crippen LogP) is 5.48. The Bertz CT molecular complexity index is 406. The van der Waals surface area contributed by atoms with E-state index in [1.807, 2.05) is 0 Å². The van der Waals surface area contributed by atoms with Crippen molar-refractivity contribution in [2.75, 3.05) is 0 Å². The van der Waals surface area contributed by atoms with Gasteiger partial charge in [-0.2, -0.15) is 0 Å². The second-order valence-electron chi connectivity index (χ2n) is 7.02. The molecule has 0 amide bonds. The van der Waals surface area contributed by atoms with Gasteiger partial charge in [-0.3, -0.25) is 0 Å². The molecule has 0 aromatic heterocycles. The first kappa shape index (κ1) is 17.1. The molecule has 1 nitrogen and oxygen atoms in total. The van der Waals surface area contributed by atoms with E-state index >= 15 is 0 Å². The van der Waals surface area contributed by atoms with Gasteiger partial charge in [-0.05, 0) is 0 Å². The van der Waals surface area contributed by atoms with Gasteiger partial charge >= 0.3 is 133 Å². The molecule has 3 heteroatoms. The van der Waals surface area contributed by atoms with Gasteiger partial charge in [0.2, 0.25) is 0 Å². The second kappa shape index (κ2) is 6.21. The van der Waals surface area contributed by atoms with E-state index in [1.54, 1.807) is 0 Å². The molecule has 0 radical (unpaired) electrons. The molecule has 0 bridgehead atoms. The van der Waals surface area contributed by atoms with Gasteiger partial charge in [-0.15, -0.1) is 0 Å². The van der Waals surface area contributed by atoms with Gasteiger partial charge in [0.15, 0.2) is 0 Å². The summed E-state index contributed by atoms with van der Waals surface area (Å²) in [7, 11) is 0. The Labute approximate surface area is 133 Å². The number of benzene rings is 1. The average molecular weight is 340 g/mol. The van der Waals surface area contributed by atoms with Crippen LogP contribution in [0.3, 0.4) is 0 Å². The summed E-state index contributed by atoms with van der Waals surface area (Å²) in [6.07, 6.45) is 0. The normalized spacial score (nSPS) is 12.2. The molecule has 0 saturated heterocycles. The topological polar surface area (TPSA) is 9.23 Å². The van der Waals surface area contributed by atoms with Crippen LogP contribution in [0.15, 0.2) is 16.6 Å². The summed E-state index contributed by atoms with van der Waals surface area (Å²) in [6, 6.07) is 4.42. The Morgan fingerprint density at radius 1 is 1.00 bits per heavy atom. The Balaban J connectivity index is 3.49. The van der Waals surface area contributed by atoms with Crippen LogP contribution >= 0.6 is 15.9 Å².